The van der Waals surface area contributed by atoms with E-state index in [1.54, 1.807) is 36.4 Å². The Morgan fingerprint density at radius 3 is 2.71 bits per heavy atom. The van der Waals surface area contributed by atoms with E-state index in [2.05, 4.69) is 16.0 Å². The maximum atomic E-state index is 12.0. The van der Waals surface area contributed by atoms with Gasteiger partial charge < -0.3 is 15.1 Å². The van der Waals surface area contributed by atoms with Crippen molar-refractivity contribution in [1.82, 2.24) is 10.6 Å². The van der Waals surface area contributed by atoms with Crippen molar-refractivity contribution < 1.29 is 14.0 Å². The molecule has 0 unspecified atom stereocenters. The first-order chi connectivity index (χ1) is 11.6. The number of anilines is 1. The predicted octanol–water partition coefficient (Wildman–Crippen LogP) is 2.56. The number of nitrogens with one attached hydrogen (secondary N) is 3. The quantitative estimate of drug-likeness (QED) is 0.574. The molecular weight excluding hydrogens is 326 g/mol. The topological polar surface area (TPSA) is 83.4 Å². The third-order valence-electron chi connectivity index (χ3n) is 2.94. The largest absolute Gasteiger partial charge is 0.465 e. The van der Waals surface area contributed by atoms with Crippen LogP contribution in [0.1, 0.15) is 23.0 Å². The summed E-state index contributed by atoms with van der Waals surface area (Å²) in [6.07, 6.45) is 4.35. The Kier molecular flexibility index (Phi) is 6.27. The van der Waals surface area contributed by atoms with Gasteiger partial charge in [0.1, 0.15) is 5.76 Å². The standard InChI is InChI=1S/C17H17N3O3S/c1-2-18-16(22)13-7-3-4-8-14(13)19-17(24)20-15(21)10-9-12-6-5-11-23-12/h3-11H,2H2,1H3,(H,18,22)(H2,19,20,21,24). The summed E-state index contributed by atoms with van der Waals surface area (Å²) in [6.45, 7) is 2.36. The van der Waals surface area contributed by atoms with Gasteiger partial charge in [-0.3, -0.25) is 14.9 Å². The first-order valence-corrected chi connectivity index (χ1v) is 7.71. The zero-order chi connectivity index (χ0) is 17.4. The molecule has 3 N–H and O–H groups in total. The summed E-state index contributed by atoms with van der Waals surface area (Å²) in [5.74, 6) is -0.0579. The molecule has 0 aliphatic heterocycles. The van der Waals surface area contributed by atoms with Crippen molar-refractivity contribution >= 4 is 40.9 Å². The van der Waals surface area contributed by atoms with E-state index < -0.39 is 5.91 Å². The van der Waals surface area contributed by atoms with Crippen molar-refractivity contribution in [2.75, 3.05) is 11.9 Å². The molecule has 6 nitrogen and oxygen atoms in total. The van der Waals surface area contributed by atoms with Gasteiger partial charge in [-0.1, -0.05) is 12.1 Å². The summed E-state index contributed by atoms with van der Waals surface area (Å²) < 4.78 is 5.09. The van der Waals surface area contributed by atoms with Crippen LogP contribution in [0.15, 0.2) is 53.2 Å². The Balaban J connectivity index is 1.97. The van der Waals surface area contributed by atoms with E-state index in [4.69, 9.17) is 16.6 Å². The van der Waals surface area contributed by atoms with Crippen LogP contribution >= 0.6 is 12.2 Å². The molecular formula is C17H17N3O3S. The van der Waals surface area contributed by atoms with Crippen LogP contribution in [0.4, 0.5) is 5.69 Å². The maximum absolute atomic E-state index is 12.0. The van der Waals surface area contributed by atoms with Crippen molar-refractivity contribution in [3.8, 4) is 0 Å². The molecule has 124 valence electrons. The van der Waals surface area contributed by atoms with Gasteiger partial charge in [0, 0.05) is 12.6 Å². The second kappa shape index (κ2) is 8.64. The molecule has 0 fully saturated rings. The highest BCUT2D eigenvalue weighted by molar-refractivity contribution is 7.80. The number of para-hydroxylation sites is 1. The SMILES string of the molecule is CCNC(=O)c1ccccc1NC(=S)NC(=O)C=Cc1ccco1. The van der Waals surface area contributed by atoms with Gasteiger partial charge in [-0.2, -0.15) is 0 Å². The van der Waals surface area contributed by atoms with E-state index in [0.717, 1.165) is 0 Å². The summed E-state index contributed by atoms with van der Waals surface area (Å²) in [4.78, 5) is 23.8. The Hall–Kier alpha value is -2.93. The second-order valence-electron chi connectivity index (χ2n) is 4.70. The number of hydrogen-bond donors (Lipinski definition) is 3. The van der Waals surface area contributed by atoms with Crippen LogP contribution in [-0.4, -0.2) is 23.5 Å². The first kappa shape index (κ1) is 17.4. The fourth-order valence-electron chi connectivity index (χ4n) is 1.90. The molecule has 0 aliphatic carbocycles. The molecule has 1 aromatic carbocycles. The molecule has 24 heavy (non-hydrogen) atoms. The lowest BCUT2D eigenvalue weighted by Gasteiger charge is -2.12. The number of furan rings is 1. The van der Waals surface area contributed by atoms with E-state index in [1.165, 1.54) is 18.4 Å². The molecule has 2 aromatic rings. The Morgan fingerprint density at radius 1 is 1.21 bits per heavy atom. The number of amides is 2. The van der Waals surface area contributed by atoms with Gasteiger partial charge in [-0.15, -0.1) is 0 Å². The van der Waals surface area contributed by atoms with Crippen molar-refractivity contribution in [2.24, 2.45) is 0 Å². The molecule has 0 radical (unpaired) electrons. The second-order valence-corrected chi connectivity index (χ2v) is 5.11. The van der Waals surface area contributed by atoms with E-state index in [-0.39, 0.29) is 11.0 Å². The average Bonchev–Trinajstić information content (AvgIpc) is 3.07. The molecule has 0 bridgehead atoms. The molecule has 1 aromatic heterocycles. The van der Waals surface area contributed by atoms with Crippen LogP contribution in [0.2, 0.25) is 0 Å². The minimum Gasteiger partial charge on any atom is -0.465 e. The zero-order valence-corrected chi connectivity index (χ0v) is 13.9. The molecule has 0 saturated heterocycles. The monoisotopic (exact) mass is 343 g/mol. The van der Waals surface area contributed by atoms with E-state index in [0.29, 0.717) is 23.6 Å². The first-order valence-electron chi connectivity index (χ1n) is 7.31. The van der Waals surface area contributed by atoms with E-state index in [9.17, 15) is 9.59 Å². The van der Waals surface area contributed by atoms with Crippen LogP contribution in [0.5, 0.6) is 0 Å². The Labute approximate surface area is 144 Å². The van der Waals surface area contributed by atoms with Gasteiger partial charge in [-0.05, 0) is 49.5 Å². The highest BCUT2D eigenvalue weighted by atomic mass is 32.1. The molecule has 2 amide bonds. The summed E-state index contributed by atoms with van der Waals surface area (Å²) in [7, 11) is 0. The Morgan fingerprint density at radius 2 is 2.00 bits per heavy atom. The minimum absolute atomic E-state index is 0.0980. The summed E-state index contributed by atoms with van der Waals surface area (Å²) in [5.41, 5.74) is 0.964. The smallest absolute Gasteiger partial charge is 0.253 e. The molecule has 0 atom stereocenters. The van der Waals surface area contributed by atoms with Gasteiger partial charge in [0.2, 0.25) is 5.91 Å². The number of hydrogen-bond acceptors (Lipinski definition) is 4. The number of carbonyl (C=O) groups excluding carboxylic acids is 2. The lowest BCUT2D eigenvalue weighted by Crippen LogP contribution is -2.34. The number of rotatable bonds is 5. The maximum Gasteiger partial charge on any atom is 0.253 e. The van der Waals surface area contributed by atoms with Gasteiger partial charge in [0.05, 0.1) is 17.5 Å². The number of benzene rings is 1. The lowest BCUT2D eigenvalue weighted by molar-refractivity contribution is -0.115. The van der Waals surface area contributed by atoms with E-state index in [1.807, 2.05) is 6.92 Å². The lowest BCUT2D eigenvalue weighted by atomic mass is 10.1. The molecule has 0 aliphatic rings. The fourth-order valence-corrected chi connectivity index (χ4v) is 2.11. The van der Waals surface area contributed by atoms with Crippen LogP contribution in [0.25, 0.3) is 6.08 Å². The van der Waals surface area contributed by atoms with Gasteiger partial charge in [-0.25, -0.2) is 0 Å². The molecule has 0 spiro atoms. The molecule has 0 saturated carbocycles. The van der Waals surface area contributed by atoms with Gasteiger partial charge in [0.25, 0.3) is 5.91 Å². The van der Waals surface area contributed by atoms with Crippen LogP contribution in [0, 0.1) is 0 Å². The third-order valence-corrected chi connectivity index (χ3v) is 3.14. The molecule has 7 heteroatoms. The zero-order valence-electron chi connectivity index (χ0n) is 13.0. The minimum atomic E-state index is -0.403. The highest BCUT2D eigenvalue weighted by Gasteiger charge is 2.11. The molecule has 1 heterocycles. The Bertz CT molecular complexity index is 754. The average molecular weight is 343 g/mol. The van der Waals surface area contributed by atoms with Crippen LogP contribution < -0.4 is 16.0 Å². The normalized spacial score (nSPS) is 10.4. The van der Waals surface area contributed by atoms with Crippen molar-refractivity contribution in [3.05, 3.63) is 60.1 Å². The van der Waals surface area contributed by atoms with Crippen molar-refractivity contribution in [1.29, 1.82) is 0 Å². The predicted molar refractivity (Wildman–Crippen MR) is 96.6 cm³/mol. The van der Waals surface area contributed by atoms with Crippen molar-refractivity contribution in [3.63, 3.8) is 0 Å². The number of thiocarbonyl (C=S) groups is 1. The van der Waals surface area contributed by atoms with Crippen LogP contribution in [0.3, 0.4) is 0 Å². The van der Waals surface area contributed by atoms with Crippen molar-refractivity contribution in [2.45, 2.75) is 6.92 Å². The van der Waals surface area contributed by atoms with Gasteiger partial charge >= 0.3 is 0 Å². The van der Waals surface area contributed by atoms with Crippen LogP contribution in [-0.2, 0) is 4.79 Å². The summed E-state index contributed by atoms with van der Waals surface area (Å²) in [6, 6.07) is 10.4. The summed E-state index contributed by atoms with van der Waals surface area (Å²) in [5, 5.41) is 8.18. The third kappa shape index (κ3) is 5.06. The van der Waals surface area contributed by atoms with Gasteiger partial charge in [0.15, 0.2) is 5.11 Å². The van der Waals surface area contributed by atoms with E-state index >= 15 is 0 Å². The summed E-state index contributed by atoms with van der Waals surface area (Å²) >= 11 is 5.11. The molecule has 2 rings (SSSR count). The fraction of sp³-hybridized carbons (Fsp3) is 0.118. The highest BCUT2D eigenvalue weighted by Crippen LogP contribution is 2.14. The number of carbonyl (C=O) groups is 2.